The number of nitrogens with zero attached hydrogens (tertiary/aromatic N) is 4. The van der Waals surface area contributed by atoms with Gasteiger partial charge >= 0.3 is 0 Å². The van der Waals surface area contributed by atoms with Crippen LogP contribution in [-0.2, 0) is 0 Å². The zero-order valence-electron chi connectivity index (χ0n) is 18.4. The first-order valence-corrected chi connectivity index (χ1v) is 11.1. The van der Waals surface area contributed by atoms with E-state index in [0.29, 0.717) is 30.1 Å². The van der Waals surface area contributed by atoms with E-state index < -0.39 is 0 Å². The van der Waals surface area contributed by atoms with E-state index in [4.69, 9.17) is 4.74 Å². The maximum atomic E-state index is 12.5. The van der Waals surface area contributed by atoms with Gasteiger partial charge in [0.25, 0.3) is 5.56 Å². The molecule has 0 radical (unpaired) electrons. The van der Waals surface area contributed by atoms with Crippen LogP contribution in [-0.4, -0.2) is 26.1 Å². The molecule has 3 heterocycles. The topological polar surface area (TPSA) is 69.9 Å². The molecular weight excluding hydrogens is 400 g/mol. The van der Waals surface area contributed by atoms with Gasteiger partial charge in [-0.3, -0.25) is 14.3 Å². The van der Waals surface area contributed by atoms with Crippen LogP contribution in [0.25, 0.3) is 16.8 Å². The first-order valence-electron chi connectivity index (χ1n) is 11.1. The Bertz CT molecular complexity index is 1260. The summed E-state index contributed by atoms with van der Waals surface area (Å²) in [6.07, 6.45) is 14.7. The standard InChI is InChI=1S/C26H26N4O2/c1-17-8-10-24(28-13-17)22-12-20(22)16-32-26-23(14-27-18(2)29-26)19-9-11-25(31)30(15-19)21-6-4-3-5-7-21/h4,6-11,13-15,20,22H,3,5,12,16H2,1-2H3. The van der Waals surface area contributed by atoms with Crippen LogP contribution in [0.4, 0.5) is 0 Å². The molecule has 0 amide bonds. The average Bonchev–Trinajstić information content (AvgIpc) is 3.59. The number of aryl methyl sites for hydroxylation is 2. The summed E-state index contributed by atoms with van der Waals surface area (Å²) in [6.45, 7) is 4.48. The molecule has 6 nitrogen and oxygen atoms in total. The molecule has 0 aliphatic heterocycles. The van der Waals surface area contributed by atoms with Gasteiger partial charge in [-0.15, -0.1) is 0 Å². The monoisotopic (exact) mass is 426 g/mol. The van der Waals surface area contributed by atoms with Crippen LogP contribution < -0.4 is 10.3 Å². The van der Waals surface area contributed by atoms with Gasteiger partial charge < -0.3 is 4.74 Å². The smallest absolute Gasteiger partial charge is 0.255 e. The molecule has 5 rings (SSSR count). The predicted molar refractivity (Wildman–Crippen MR) is 124 cm³/mol. The molecule has 2 aliphatic carbocycles. The fraction of sp³-hybridized carbons (Fsp3) is 0.308. The number of ether oxygens (including phenoxy) is 1. The summed E-state index contributed by atoms with van der Waals surface area (Å²) < 4.78 is 7.87. The maximum absolute atomic E-state index is 12.5. The highest BCUT2D eigenvalue weighted by Gasteiger charge is 2.40. The molecule has 0 aromatic carbocycles. The van der Waals surface area contributed by atoms with E-state index >= 15 is 0 Å². The summed E-state index contributed by atoms with van der Waals surface area (Å²) in [4.78, 5) is 26.0. The molecule has 0 saturated heterocycles. The molecule has 2 atom stereocenters. The molecule has 6 heteroatoms. The second-order valence-corrected chi connectivity index (χ2v) is 8.54. The lowest BCUT2D eigenvalue weighted by molar-refractivity contribution is 0.285. The lowest BCUT2D eigenvalue weighted by Crippen LogP contribution is -2.17. The fourth-order valence-electron chi connectivity index (χ4n) is 4.06. The van der Waals surface area contributed by atoms with Gasteiger partial charge in [-0.05, 0) is 56.9 Å². The Morgan fingerprint density at radius 3 is 2.78 bits per heavy atom. The molecule has 1 saturated carbocycles. The van der Waals surface area contributed by atoms with Gasteiger partial charge in [0.15, 0.2) is 0 Å². The molecule has 1 fully saturated rings. The van der Waals surface area contributed by atoms with Gasteiger partial charge in [-0.1, -0.05) is 18.2 Å². The number of allylic oxidation sites excluding steroid dienone is 4. The van der Waals surface area contributed by atoms with Crippen molar-refractivity contribution in [1.29, 1.82) is 0 Å². The van der Waals surface area contributed by atoms with Crippen LogP contribution in [0.2, 0.25) is 0 Å². The summed E-state index contributed by atoms with van der Waals surface area (Å²) >= 11 is 0. The molecule has 32 heavy (non-hydrogen) atoms. The third-order valence-corrected chi connectivity index (χ3v) is 6.02. The van der Waals surface area contributed by atoms with Crippen molar-refractivity contribution in [2.24, 2.45) is 5.92 Å². The fourth-order valence-corrected chi connectivity index (χ4v) is 4.06. The lowest BCUT2D eigenvalue weighted by atomic mass is 10.1. The van der Waals surface area contributed by atoms with Crippen molar-refractivity contribution in [1.82, 2.24) is 19.5 Å². The van der Waals surface area contributed by atoms with E-state index in [-0.39, 0.29) is 5.56 Å². The maximum Gasteiger partial charge on any atom is 0.255 e. The predicted octanol–water partition coefficient (Wildman–Crippen LogP) is 4.69. The van der Waals surface area contributed by atoms with Gasteiger partial charge in [0.05, 0.1) is 12.2 Å². The van der Waals surface area contributed by atoms with E-state index in [9.17, 15) is 4.79 Å². The molecule has 0 spiro atoms. The summed E-state index contributed by atoms with van der Waals surface area (Å²) in [7, 11) is 0. The molecule has 3 aromatic heterocycles. The molecule has 0 bridgehead atoms. The summed E-state index contributed by atoms with van der Waals surface area (Å²) in [5.74, 6) is 2.08. The normalized spacial score (nSPS) is 19.5. The van der Waals surface area contributed by atoms with E-state index in [0.717, 1.165) is 41.8 Å². The van der Waals surface area contributed by atoms with Crippen molar-refractivity contribution in [3.63, 3.8) is 0 Å². The Morgan fingerprint density at radius 2 is 2.00 bits per heavy atom. The zero-order chi connectivity index (χ0) is 22.1. The zero-order valence-corrected chi connectivity index (χ0v) is 18.4. The molecule has 2 unspecified atom stereocenters. The van der Waals surface area contributed by atoms with Crippen molar-refractivity contribution in [2.45, 2.75) is 39.0 Å². The van der Waals surface area contributed by atoms with Crippen LogP contribution in [0.1, 0.15) is 42.3 Å². The Morgan fingerprint density at radius 1 is 1.09 bits per heavy atom. The number of pyridine rings is 2. The number of hydrogen-bond acceptors (Lipinski definition) is 5. The van der Waals surface area contributed by atoms with Gasteiger partial charge in [-0.25, -0.2) is 4.98 Å². The minimum absolute atomic E-state index is 0.0616. The van der Waals surface area contributed by atoms with Crippen molar-refractivity contribution in [2.75, 3.05) is 6.61 Å². The van der Waals surface area contributed by atoms with Crippen LogP contribution in [0, 0.1) is 19.8 Å². The third-order valence-electron chi connectivity index (χ3n) is 6.02. The number of hydrogen-bond donors (Lipinski definition) is 0. The van der Waals surface area contributed by atoms with E-state index in [1.54, 1.807) is 16.8 Å². The summed E-state index contributed by atoms with van der Waals surface area (Å²) in [6, 6.07) is 7.61. The summed E-state index contributed by atoms with van der Waals surface area (Å²) in [5, 5.41) is 0. The Kier molecular flexibility index (Phi) is 5.43. The highest BCUT2D eigenvalue weighted by molar-refractivity contribution is 5.69. The first kappa shape index (κ1) is 20.4. The minimum atomic E-state index is -0.0616. The molecule has 3 aromatic rings. The highest BCUT2D eigenvalue weighted by Crippen LogP contribution is 2.47. The minimum Gasteiger partial charge on any atom is -0.477 e. The Hall–Kier alpha value is -3.54. The Labute approximate surface area is 187 Å². The first-order chi connectivity index (χ1) is 15.6. The Balaban J connectivity index is 1.37. The van der Waals surface area contributed by atoms with Crippen molar-refractivity contribution >= 4 is 5.70 Å². The molecule has 2 aliphatic rings. The number of aromatic nitrogens is 4. The number of rotatable bonds is 6. The largest absolute Gasteiger partial charge is 0.477 e. The van der Waals surface area contributed by atoms with E-state index in [1.165, 1.54) is 5.56 Å². The van der Waals surface area contributed by atoms with Gasteiger partial charge in [0, 0.05) is 53.4 Å². The highest BCUT2D eigenvalue weighted by atomic mass is 16.5. The third kappa shape index (κ3) is 4.26. The van der Waals surface area contributed by atoms with Gasteiger partial charge in [0.2, 0.25) is 5.88 Å². The second-order valence-electron chi connectivity index (χ2n) is 8.54. The van der Waals surface area contributed by atoms with Crippen molar-refractivity contribution < 1.29 is 4.74 Å². The van der Waals surface area contributed by atoms with Crippen molar-refractivity contribution in [3.05, 3.63) is 88.5 Å². The average molecular weight is 427 g/mol. The van der Waals surface area contributed by atoms with Crippen LogP contribution >= 0.6 is 0 Å². The van der Waals surface area contributed by atoms with E-state index in [2.05, 4.69) is 39.2 Å². The summed E-state index contributed by atoms with van der Waals surface area (Å²) in [5.41, 5.74) is 4.77. The van der Waals surface area contributed by atoms with Gasteiger partial charge in [0.1, 0.15) is 5.82 Å². The van der Waals surface area contributed by atoms with E-state index in [1.807, 2.05) is 38.4 Å². The van der Waals surface area contributed by atoms with Crippen molar-refractivity contribution in [3.8, 4) is 17.0 Å². The lowest BCUT2D eigenvalue weighted by Gasteiger charge is -2.14. The molecule has 0 N–H and O–H groups in total. The van der Waals surface area contributed by atoms with Crippen LogP contribution in [0.5, 0.6) is 5.88 Å². The molecule has 162 valence electrons. The molecular formula is C26H26N4O2. The second kappa shape index (κ2) is 8.54. The van der Waals surface area contributed by atoms with Crippen LogP contribution in [0.15, 0.2) is 65.9 Å². The van der Waals surface area contributed by atoms with Gasteiger partial charge in [-0.2, -0.15) is 4.98 Å². The SMILES string of the molecule is Cc1ccc(C2CC2COc2nc(C)ncc2-c2ccc(=O)n(C3=CCCC=C3)c2)nc1. The van der Waals surface area contributed by atoms with Crippen LogP contribution in [0.3, 0.4) is 0 Å². The quantitative estimate of drug-likeness (QED) is 0.572.